The quantitative estimate of drug-likeness (QED) is 0.131. The van der Waals surface area contributed by atoms with Crippen molar-refractivity contribution in [3.05, 3.63) is 34.9 Å². The minimum absolute atomic E-state index is 0.0135. The van der Waals surface area contributed by atoms with Gasteiger partial charge in [-0.05, 0) is 97.8 Å². The van der Waals surface area contributed by atoms with Gasteiger partial charge in [-0.15, -0.1) is 0 Å². The van der Waals surface area contributed by atoms with Gasteiger partial charge in [0.25, 0.3) is 5.91 Å². The van der Waals surface area contributed by atoms with E-state index in [1.807, 2.05) is 18.2 Å². The zero-order valence-corrected chi connectivity index (χ0v) is 29.4. The van der Waals surface area contributed by atoms with Crippen LogP contribution in [0.4, 0.5) is 9.59 Å². The van der Waals surface area contributed by atoms with Gasteiger partial charge in [0.2, 0.25) is 0 Å². The van der Waals surface area contributed by atoms with Gasteiger partial charge in [-0.1, -0.05) is 25.5 Å². The zero-order valence-electron chi connectivity index (χ0n) is 29.4. The Morgan fingerprint density at radius 1 is 0.956 bits per heavy atom. The predicted octanol–water partition coefficient (Wildman–Crippen LogP) is 7.51. The molecule has 1 aliphatic rings. The average Bonchev–Trinajstić information content (AvgIpc) is 2.89. The van der Waals surface area contributed by atoms with Crippen LogP contribution in [0.15, 0.2) is 29.3 Å². The van der Waals surface area contributed by atoms with E-state index in [1.165, 1.54) is 0 Å². The highest BCUT2D eigenvalue weighted by Gasteiger charge is 2.47. The lowest BCUT2D eigenvalue weighted by Crippen LogP contribution is -2.58. The number of methoxy groups -OCH3 is 2. The van der Waals surface area contributed by atoms with Crippen LogP contribution in [-0.2, 0) is 30.2 Å². The lowest BCUT2D eigenvalue weighted by Gasteiger charge is -2.42. The first kappa shape index (κ1) is 37.9. The number of carbonyl (C=O) groups excluding carboxylic acids is 3. The second-order valence-corrected chi connectivity index (χ2v) is 14.2. The largest absolute Gasteiger partial charge is 0.509 e. The lowest BCUT2D eigenvalue weighted by atomic mass is 9.79. The number of nitrogens with zero attached hydrogens (tertiary/aromatic N) is 1. The lowest BCUT2D eigenvalue weighted by molar-refractivity contribution is -0.137. The summed E-state index contributed by atoms with van der Waals surface area (Å²) in [4.78, 5) is 41.7. The number of hydrogen-bond donors (Lipinski definition) is 0. The van der Waals surface area contributed by atoms with Gasteiger partial charge in [0.05, 0.1) is 19.8 Å². The third-order valence-electron chi connectivity index (χ3n) is 7.44. The Balaban J connectivity index is 2.52. The SMILES string of the molecule is COCCCOc1cc(C[C@H](C[C@H]2[C@@H](OC(=O)OC(C)(C)C)CC(=C(C)C)C(=O)N2C(=O)OC(C)(C)C)C(C)C)ccc1OC. The fraction of sp³-hybridized carbons (Fsp3) is 0.686. The highest BCUT2D eigenvalue weighted by molar-refractivity contribution is 6.04. The molecule has 1 fully saturated rings. The van der Waals surface area contributed by atoms with E-state index < -0.39 is 41.5 Å². The van der Waals surface area contributed by atoms with Crippen LogP contribution in [0.2, 0.25) is 0 Å². The molecule has 1 aromatic carbocycles. The van der Waals surface area contributed by atoms with Crippen LogP contribution in [0.1, 0.15) is 94.1 Å². The van der Waals surface area contributed by atoms with Crippen LogP contribution in [-0.4, -0.2) is 73.8 Å². The van der Waals surface area contributed by atoms with Crippen molar-refractivity contribution in [2.45, 2.75) is 118 Å². The minimum Gasteiger partial charge on any atom is -0.493 e. The highest BCUT2D eigenvalue weighted by Crippen LogP contribution is 2.37. The number of carbonyl (C=O) groups is 3. The average molecular weight is 634 g/mol. The number of imide groups is 1. The molecule has 1 saturated heterocycles. The molecule has 3 atom stereocenters. The van der Waals surface area contributed by atoms with Crippen molar-refractivity contribution < 1.29 is 42.8 Å². The topological polar surface area (TPSA) is 110 Å². The van der Waals surface area contributed by atoms with Gasteiger partial charge in [0.15, 0.2) is 11.5 Å². The summed E-state index contributed by atoms with van der Waals surface area (Å²) < 4.78 is 33.8. The van der Waals surface area contributed by atoms with E-state index in [0.717, 1.165) is 22.5 Å². The number of rotatable bonds is 12. The zero-order chi connectivity index (χ0) is 34.1. The molecule has 10 heteroatoms. The number of allylic oxidation sites excluding steroid dienone is 1. The second-order valence-electron chi connectivity index (χ2n) is 14.2. The van der Waals surface area contributed by atoms with E-state index in [1.54, 1.807) is 69.6 Å². The molecule has 1 heterocycles. The third kappa shape index (κ3) is 11.9. The van der Waals surface area contributed by atoms with Crippen molar-refractivity contribution in [2.24, 2.45) is 11.8 Å². The third-order valence-corrected chi connectivity index (χ3v) is 7.44. The molecule has 0 saturated carbocycles. The van der Waals surface area contributed by atoms with E-state index in [4.69, 9.17) is 28.4 Å². The fourth-order valence-electron chi connectivity index (χ4n) is 5.16. The maximum atomic E-state index is 13.9. The Hall–Kier alpha value is -3.27. The van der Waals surface area contributed by atoms with E-state index in [-0.39, 0.29) is 18.3 Å². The molecule has 0 aliphatic carbocycles. The van der Waals surface area contributed by atoms with Crippen molar-refractivity contribution >= 4 is 18.2 Å². The van der Waals surface area contributed by atoms with Gasteiger partial charge in [-0.25, -0.2) is 14.5 Å². The molecule has 45 heavy (non-hydrogen) atoms. The summed E-state index contributed by atoms with van der Waals surface area (Å²) in [5, 5.41) is 0. The Labute approximate surface area is 269 Å². The summed E-state index contributed by atoms with van der Waals surface area (Å²) in [6.07, 6.45) is -0.548. The van der Waals surface area contributed by atoms with Gasteiger partial charge in [-0.2, -0.15) is 0 Å². The molecule has 0 aromatic heterocycles. The fourth-order valence-corrected chi connectivity index (χ4v) is 5.16. The first-order chi connectivity index (χ1) is 20.9. The first-order valence-electron chi connectivity index (χ1n) is 15.8. The van der Waals surface area contributed by atoms with Crippen LogP contribution in [0, 0.1) is 11.8 Å². The van der Waals surface area contributed by atoms with Gasteiger partial charge < -0.3 is 28.4 Å². The van der Waals surface area contributed by atoms with E-state index in [9.17, 15) is 14.4 Å². The number of likely N-dealkylation sites (tertiary alicyclic amines) is 1. The van der Waals surface area contributed by atoms with Gasteiger partial charge in [0, 0.05) is 32.1 Å². The van der Waals surface area contributed by atoms with Crippen molar-refractivity contribution in [1.29, 1.82) is 0 Å². The molecular weight excluding hydrogens is 578 g/mol. The Morgan fingerprint density at radius 3 is 2.13 bits per heavy atom. The van der Waals surface area contributed by atoms with Crippen molar-refractivity contribution in [1.82, 2.24) is 4.90 Å². The molecule has 0 unspecified atom stereocenters. The van der Waals surface area contributed by atoms with Gasteiger partial charge in [-0.3, -0.25) is 4.79 Å². The molecule has 2 amide bonds. The molecule has 254 valence electrons. The summed E-state index contributed by atoms with van der Waals surface area (Å²) >= 11 is 0. The van der Waals surface area contributed by atoms with Crippen molar-refractivity contribution in [2.75, 3.05) is 27.4 Å². The number of benzene rings is 1. The molecule has 0 bridgehead atoms. The predicted molar refractivity (Wildman–Crippen MR) is 173 cm³/mol. The number of hydrogen-bond acceptors (Lipinski definition) is 9. The molecule has 0 spiro atoms. The summed E-state index contributed by atoms with van der Waals surface area (Å²) in [6.45, 7) is 19.4. The molecule has 0 N–H and O–H groups in total. The van der Waals surface area contributed by atoms with Crippen LogP contribution in [0.5, 0.6) is 11.5 Å². The number of amides is 2. The number of piperidine rings is 1. The van der Waals surface area contributed by atoms with Crippen LogP contribution in [0.25, 0.3) is 0 Å². The maximum Gasteiger partial charge on any atom is 0.509 e. The second kappa shape index (κ2) is 16.3. The van der Waals surface area contributed by atoms with Gasteiger partial charge in [0.1, 0.15) is 17.3 Å². The standard InChI is InChI=1S/C35H55NO9/c1-22(2)25(18-24-14-15-28(41-12)30(19-24)42-17-13-16-40-11)20-27-29(43-33(39)45-35(8,9)10)21-26(23(3)4)31(37)36(27)32(38)44-34(5,6)7/h14-15,19,22,25,27,29H,13,16-18,20-21H2,1-12H3/t25-,27+,29+/m1/s1. The Kier molecular flexibility index (Phi) is 13.8. The molecule has 1 aromatic rings. The summed E-state index contributed by atoms with van der Waals surface area (Å²) in [5.41, 5.74) is 0.543. The highest BCUT2D eigenvalue weighted by atomic mass is 16.7. The van der Waals surface area contributed by atoms with Crippen molar-refractivity contribution in [3.63, 3.8) is 0 Å². The van der Waals surface area contributed by atoms with Crippen LogP contribution in [0.3, 0.4) is 0 Å². The molecular formula is C35H55NO9. The first-order valence-corrected chi connectivity index (χ1v) is 15.8. The van der Waals surface area contributed by atoms with E-state index in [2.05, 4.69) is 13.8 Å². The van der Waals surface area contributed by atoms with Crippen molar-refractivity contribution in [3.8, 4) is 11.5 Å². The maximum absolute atomic E-state index is 13.9. The van der Waals surface area contributed by atoms with E-state index >= 15 is 0 Å². The van der Waals surface area contributed by atoms with E-state index in [0.29, 0.717) is 43.1 Å². The Morgan fingerprint density at radius 2 is 1.60 bits per heavy atom. The number of ether oxygens (including phenoxy) is 6. The molecule has 0 radical (unpaired) electrons. The molecule has 1 aliphatic heterocycles. The summed E-state index contributed by atoms with van der Waals surface area (Å²) in [6, 6.07) is 5.06. The minimum atomic E-state index is -0.851. The monoisotopic (exact) mass is 633 g/mol. The molecule has 2 rings (SSSR count). The van der Waals surface area contributed by atoms with Crippen LogP contribution >= 0.6 is 0 Å². The molecule has 10 nitrogen and oxygen atoms in total. The smallest absolute Gasteiger partial charge is 0.493 e. The Bertz CT molecular complexity index is 1190. The van der Waals surface area contributed by atoms with Gasteiger partial charge >= 0.3 is 12.2 Å². The normalized spacial score (nSPS) is 18.0. The van der Waals surface area contributed by atoms with Crippen LogP contribution < -0.4 is 9.47 Å². The summed E-state index contributed by atoms with van der Waals surface area (Å²) in [5.74, 6) is 0.973. The summed E-state index contributed by atoms with van der Waals surface area (Å²) in [7, 11) is 3.26.